The number of nitrogens with one attached hydrogen (secondary N) is 1. The van der Waals surface area contributed by atoms with E-state index in [-0.39, 0.29) is 18.0 Å². The zero-order valence-corrected chi connectivity index (χ0v) is 15.7. The molecule has 1 atom stereocenters. The average molecular weight is 367 g/mol. The minimum atomic E-state index is -0.127. The number of hydrogen-bond acceptors (Lipinski definition) is 3. The maximum Gasteiger partial charge on any atom is 0.322 e. The third-order valence-electron chi connectivity index (χ3n) is 4.61. The second-order valence-corrected chi connectivity index (χ2v) is 6.72. The van der Waals surface area contributed by atoms with Crippen molar-refractivity contribution in [2.24, 2.45) is 0 Å². The van der Waals surface area contributed by atoms with Crippen molar-refractivity contribution in [2.45, 2.75) is 19.4 Å². The number of urea groups is 1. The summed E-state index contributed by atoms with van der Waals surface area (Å²) in [5.41, 5.74) is 2.48. The number of likely N-dealkylation sites (N-methyl/N-ethyl adjacent to an activating group) is 1. The number of hydrogen-bond donors (Lipinski definition) is 1. The Kier molecular flexibility index (Phi) is 6.08. The summed E-state index contributed by atoms with van der Waals surface area (Å²) >= 11 is 0. The first-order valence-corrected chi connectivity index (χ1v) is 9.11. The summed E-state index contributed by atoms with van der Waals surface area (Å²) < 4.78 is 5.45. The van der Waals surface area contributed by atoms with E-state index in [4.69, 9.17) is 4.74 Å². The van der Waals surface area contributed by atoms with E-state index in [0.717, 1.165) is 11.3 Å². The van der Waals surface area contributed by atoms with E-state index in [1.54, 1.807) is 16.8 Å². The number of rotatable bonds is 4. The van der Waals surface area contributed by atoms with Crippen molar-refractivity contribution in [2.75, 3.05) is 37.0 Å². The van der Waals surface area contributed by atoms with E-state index < -0.39 is 0 Å². The summed E-state index contributed by atoms with van der Waals surface area (Å²) in [4.78, 5) is 28.2. The summed E-state index contributed by atoms with van der Waals surface area (Å²) in [7, 11) is 1.77. The first-order valence-electron chi connectivity index (χ1n) is 9.11. The molecule has 142 valence electrons. The Balaban J connectivity index is 1.55. The van der Waals surface area contributed by atoms with Crippen LogP contribution in [0.4, 0.5) is 16.2 Å². The van der Waals surface area contributed by atoms with Crippen LogP contribution in [0.2, 0.25) is 0 Å². The summed E-state index contributed by atoms with van der Waals surface area (Å²) in [5.74, 6) is 0.0142. The van der Waals surface area contributed by atoms with Crippen molar-refractivity contribution in [3.8, 4) is 0 Å². The highest BCUT2D eigenvalue weighted by Gasteiger charge is 2.21. The van der Waals surface area contributed by atoms with Crippen molar-refractivity contribution in [3.63, 3.8) is 0 Å². The van der Waals surface area contributed by atoms with Crippen molar-refractivity contribution in [1.29, 1.82) is 0 Å². The Bertz CT molecular complexity index is 777. The summed E-state index contributed by atoms with van der Waals surface area (Å²) in [6.07, 6.45) is 0.361. The van der Waals surface area contributed by atoms with Gasteiger partial charge in [-0.05, 0) is 36.8 Å². The lowest BCUT2D eigenvalue weighted by Gasteiger charge is -2.31. The molecule has 0 radical (unpaired) electrons. The van der Waals surface area contributed by atoms with Crippen LogP contribution in [0.1, 0.15) is 12.5 Å². The molecule has 6 nitrogen and oxygen atoms in total. The van der Waals surface area contributed by atoms with Crippen LogP contribution in [0.3, 0.4) is 0 Å². The van der Waals surface area contributed by atoms with Crippen LogP contribution in [-0.2, 0) is 16.0 Å². The molecule has 6 heteroatoms. The Morgan fingerprint density at radius 2 is 1.85 bits per heavy atom. The number of benzene rings is 2. The highest BCUT2D eigenvalue weighted by atomic mass is 16.5. The van der Waals surface area contributed by atoms with Crippen LogP contribution >= 0.6 is 0 Å². The highest BCUT2D eigenvalue weighted by Crippen LogP contribution is 2.16. The Hall–Kier alpha value is -2.86. The molecule has 0 spiro atoms. The molecule has 1 saturated heterocycles. The third kappa shape index (κ3) is 5.08. The molecule has 1 aliphatic heterocycles. The Morgan fingerprint density at radius 1 is 1.15 bits per heavy atom. The van der Waals surface area contributed by atoms with Gasteiger partial charge in [-0.15, -0.1) is 0 Å². The summed E-state index contributed by atoms with van der Waals surface area (Å²) in [5, 5.41) is 2.90. The first-order chi connectivity index (χ1) is 13.0. The second kappa shape index (κ2) is 8.68. The van der Waals surface area contributed by atoms with Crippen LogP contribution in [0.15, 0.2) is 54.6 Å². The minimum absolute atomic E-state index is 0.0142. The van der Waals surface area contributed by atoms with Crippen LogP contribution in [0, 0.1) is 0 Å². The number of para-hydroxylation sites is 1. The third-order valence-corrected chi connectivity index (χ3v) is 4.61. The monoisotopic (exact) mass is 367 g/mol. The number of carbonyl (C=O) groups excluding carboxylic acids is 2. The highest BCUT2D eigenvalue weighted by molar-refractivity contribution is 5.94. The molecule has 0 aromatic heterocycles. The standard InChI is InChI=1S/C21H25N3O3/c1-16-15-24(12-13-27-16)21(26)22-18-10-8-17(9-11-18)14-20(25)23(2)19-6-4-3-5-7-19/h3-11,16H,12-15H2,1-2H3,(H,22,26). The predicted octanol–water partition coefficient (Wildman–Crippen LogP) is 3.14. The fourth-order valence-corrected chi connectivity index (χ4v) is 3.00. The molecule has 1 unspecified atom stereocenters. The smallest absolute Gasteiger partial charge is 0.322 e. The summed E-state index contributed by atoms with van der Waals surface area (Å²) in [6.45, 7) is 3.70. The molecule has 0 aliphatic carbocycles. The second-order valence-electron chi connectivity index (χ2n) is 6.72. The molecule has 0 saturated carbocycles. The lowest BCUT2D eigenvalue weighted by atomic mass is 10.1. The van der Waals surface area contributed by atoms with E-state index in [9.17, 15) is 9.59 Å². The molecule has 3 amide bonds. The largest absolute Gasteiger partial charge is 0.375 e. The van der Waals surface area contributed by atoms with Crippen LogP contribution < -0.4 is 10.2 Å². The van der Waals surface area contributed by atoms with Gasteiger partial charge in [0.05, 0.1) is 19.1 Å². The van der Waals surface area contributed by atoms with E-state index in [0.29, 0.717) is 31.8 Å². The average Bonchev–Trinajstić information content (AvgIpc) is 2.69. The van der Waals surface area contributed by atoms with Gasteiger partial charge in [-0.2, -0.15) is 0 Å². The van der Waals surface area contributed by atoms with Gasteiger partial charge in [0, 0.05) is 31.5 Å². The van der Waals surface area contributed by atoms with Crippen molar-refractivity contribution < 1.29 is 14.3 Å². The zero-order chi connectivity index (χ0) is 19.2. The van der Waals surface area contributed by atoms with E-state index in [1.807, 2.05) is 61.5 Å². The number of nitrogens with zero attached hydrogens (tertiary/aromatic N) is 2. The summed E-state index contributed by atoms with van der Waals surface area (Å²) in [6, 6.07) is 16.8. The van der Waals surface area contributed by atoms with E-state index in [2.05, 4.69) is 5.32 Å². The molecule has 2 aromatic carbocycles. The molecular formula is C21H25N3O3. The molecule has 3 rings (SSSR count). The van der Waals surface area contributed by atoms with Gasteiger partial charge in [-0.25, -0.2) is 4.79 Å². The number of morpholine rings is 1. The van der Waals surface area contributed by atoms with Crippen LogP contribution in [-0.4, -0.2) is 49.7 Å². The maximum absolute atomic E-state index is 12.5. The van der Waals surface area contributed by atoms with Gasteiger partial charge >= 0.3 is 6.03 Å². The van der Waals surface area contributed by atoms with Gasteiger partial charge in [0.15, 0.2) is 0 Å². The number of anilines is 2. The maximum atomic E-state index is 12.5. The molecule has 2 aromatic rings. The van der Waals surface area contributed by atoms with Gasteiger partial charge in [-0.1, -0.05) is 30.3 Å². The SMILES string of the molecule is CC1CN(C(=O)Nc2ccc(CC(=O)N(C)c3ccccc3)cc2)CCO1. The Morgan fingerprint density at radius 3 is 2.52 bits per heavy atom. The van der Waals surface area contributed by atoms with Gasteiger partial charge in [-0.3, -0.25) is 4.79 Å². The number of ether oxygens (including phenoxy) is 1. The van der Waals surface area contributed by atoms with Crippen LogP contribution in [0.25, 0.3) is 0 Å². The number of carbonyl (C=O) groups is 2. The van der Waals surface area contributed by atoms with Crippen molar-refractivity contribution in [1.82, 2.24) is 4.90 Å². The molecule has 27 heavy (non-hydrogen) atoms. The van der Waals surface area contributed by atoms with Gasteiger partial charge < -0.3 is 19.9 Å². The van der Waals surface area contributed by atoms with Crippen molar-refractivity contribution >= 4 is 23.3 Å². The minimum Gasteiger partial charge on any atom is -0.375 e. The van der Waals surface area contributed by atoms with E-state index in [1.165, 1.54) is 0 Å². The van der Waals surface area contributed by atoms with Gasteiger partial charge in [0.25, 0.3) is 0 Å². The first kappa shape index (κ1) is 18.9. The lowest BCUT2D eigenvalue weighted by molar-refractivity contribution is -0.117. The molecular weight excluding hydrogens is 342 g/mol. The molecule has 1 heterocycles. The fourth-order valence-electron chi connectivity index (χ4n) is 3.00. The zero-order valence-electron chi connectivity index (χ0n) is 15.7. The topological polar surface area (TPSA) is 61.9 Å². The lowest BCUT2D eigenvalue weighted by Crippen LogP contribution is -2.46. The normalized spacial score (nSPS) is 16.7. The molecule has 0 bridgehead atoms. The molecule has 1 fully saturated rings. The molecule has 1 N–H and O–H groups in total. The molecule has 1 aliphatic rings. The fraction of sp³-hybridized carbons (Fsp3) is 0.333. The van der Waals surface area contributed by atoms with Crippen LogP contribution in [0.5, 0.6) is 0 Å². The van der Waals surface area contributed by atoms with Gasteiger partial charge in [0.1, 0.15) is 0 Å². The Labute approximate surface area is 159 Å². The van der Waals surface area contributed by atoms with E-state index >= 15 is 0 Å². The van der Waals surface area contributed by atoms with Gasteiger partial charge in [0.2, 0.25) is 5.91 Å². The number of amides is 3. The predicted molar refractivity (Wildman–Crippen MR) is 106 cm³/mol. The van der Waals surface area contributed by atoms with Crippen molar-refractivity contribution in [3.05, 3.63) is 60.2 Å². The quantitative estimate of drug-likeness (QED) is 0.903.